The largest absolute Gasteiger partial charge is 0.395 e. The lowest BCUT2D eigenvalue weighted by Gasteiger charge is -1.88. The van der Waals surface area contributed by atoms with Crippen LogP contribution in [0.1, 0.15) is 19.8 Å². The second kappa shape index (κ2) is 9.13. The van der Waals surface area contributed by atoms with Gasteiger partial charge in [0.2, 0.25) is 0 Å². The summed E-state index contributed by atoms with van der Waals surface area (Å²) in [5, 5.41) is 0. The van der Waals surface area contributed by atoms with Crippen LogP contribution in [0.25, 0.3) is 0 Å². The van der Waals surface area contributed by atoms with Crippen molar-refractivity contribution in [3.05, 3.63) is 36.4 Å². The minimum absolute atomic E-state index is 0.258. The summed E-state index contributed by atoms with van der Waals surface area (Å²) in [5.41, 5.74) is 0. The molecule has 0 aliphatic heterocycles. The maximum atomic E-state index is 10.1. The van der Waals surface area contributed by atoms with Crippen LogP contribution in [-0.2, 0) is 8.98 Å². The predicted octanol–water partition coefficient (Wildman–Crippen LogP) is 2.86. The fourth-order valence-corrected chi connectivity index (χ4v) is 0.726. The molecule has 72 valence electrons. The van der Waals surface area contributed by atoms with E-state index in [1.165, 1.54) is 0 Å². The molecule has 3 heteroatoms. The van der Waals surface area contributed by atoms with Crippen LogP contribution in [0.15, 0.2) is 36.4 Å². The molecule has 0 aliphatic carbocycles. The van der Waals surface area contributed by atoms with Gasteiger partial charge in [0, 0.05) is 19.3 Å². The molecule has 0 atom stereocenters. The maximum Gasteiger partial charge on any atom is 0.317 e. The maximum absolute atomic E-state index is 10.1. The Balaban J connectivity index is 0.000000223. The van der Waals surface area contributed by atoms with E-state index in [9.17, 15) is 4.79 Å². The van der Waals surface area contributed by atoms with Gasteiger partial charge in [-0.05, 0) is 6.42 Å². The summed E-state index contributed by atoms with van der Waals surface area (Å²) >= 11 is 3.30. The average Bonchev–Trinajstić information content (AvgIpc) is 2.22. The topological polar surface area (TPSA) is 26.3 Å². The van der Waals surface area contributed by atoms with E-state index in [1.54, 1.807) is 0 Å². The molecule has 0 radical (unpaired) electrons. The molecular weight excluding hydrogens is 184 g/mol. The second-order valence-electron chi connectivity index (χ2n) is 2.37. The Bertz CT molecular complexity index is 185. The molecule has 0 heterocycles. The van der Waals surface area contributed by atoms with E-state index < -0.39 is 0 Å². The fourth-order valence-electron chi connectivity index (χ4n) is 0.635. The quantitative estimate of drug-likeness (QED) is 0.584. The molecule has 0 bridgehead atoms. The Morgan fingerprint density at radius 3 is 1.69 bits per heavy atom. The molecule has 2 nitrogen and oxygen atoms in total. The molecular formula is C10H14O2S. The zero-order valence-electron chi connectivity index (χ0n) is 7.64. The van der Waals surface area contributed by atoms with E-state index in [2.05, 4.69) is 17.1 Å². The number of hydrogen-bond acceptors (Lipinski definition) is 3. The van der Waals surface area contributed by atoms with E-state index in [0.717, 1.165) is 6.42 Å². The average molecular weight is 198 g/mol. The molecule has 1 aromatic rings. The second-order valence-corrected chi connectivity index (χ2v) is 2.55. The van der Waals surface area contributed by atoms with Gasteiger partial charge in [-0.25, -0.2) is 0 Å². The smallest absolute Gasteiger partial charge is 0.317 e. The van der Waals surface area contributed by atoms with Gasteiger partial charge in [-0.1, -0.05) is 43.3 Å². The van der Waals surface area contributed by atoms with Gasteiger partial charge < -0.3 is 4.18 Å². The standard InChI is InChI=1S/C6H6.C4H8O2S/c1-2-4-6-5-3-1;1-2-3-4(5)6-7/h1-6H;7H,2-3H2,1H3. The molecule has 13 heavy (non-hydrogen) atoms. The lowest BCUT2D eigenvalue weighted by atomic mass is 10.4. The van der Waals surface area contributed by atoms with E-state index in [4.69, 9.17) is 0 Å². The van der Waals surface area contributed by atoms with Crippen LogP contribution in [-0.4, -0.2) is 5.97 Å². The summed E-state index contributed by atoms with van der Waals surface area (Å²) in [7, 11) is 0. The van der Waals surface area contributed by atoms with Crippen molar-refractivity contribution in [1.29, 1.82) is 0 Å². The first-order valence-electron chi connectivity index (χ1n) is 4.15. The molecule has 0 unspecified atom stereocenters. The van der Waals surface area contributed by atoms with E-state index in [0.29, 0.717) is 6.42 Å². The number of hydrogen-bond donors (Lipinski definition) is 1. The summed E-state index contributed by atoms with van der Waals surface area (Å²) < 4.78 is 4.05. The third-order valence-corrected chi connectivity index (χ3v) is 1.43. The highest BCUT2D eigenvalue weighted by Crippen LogP contribution is 1.91. The zero-order chi connectivity index (χ0) is 9.94. The van der Waals surface area contributed by atoms with Gasteiger partial charge in [0.15, 0.2) is 0 Å². The summed E-state index contributed by atoms with van der Waals surface area (Å²) in [6, 6.07) is 12.0. The molecule has 0 N–H and O–H groups in total. The van der Waals surface area contributed by atoms with Crippen LogP contribution >= 0.6 is 12.9 Å². The molecule has 0 aromatic heterocycles. The molecule has 0 saturated carbocycles. The first kappa shape index (κ1) is 12.0. The highest BCUT2D eigenvalue weighted by molar-refractivity contribution is 7.75. The van der Waals surface area contributed by atoms with Crippen LogP contribution in [0.5, 0.6) is 0 Å². The Kier molecular flexibility index (Phi) is 8.46. The predicted molar refractivity (Wildman–Crippen MR) is 56.4 cm³/mol. The van der Waals surface area contributed by atoms with Gasteiger partial charge in [0.1, 0.15) is 0 Å². The molecule has 0 aliphatic rings. The van der Waals surface area contributed by atoms with Crippen molar-refractivity contribution >= 4 is 18.9 Å². The Labute approximate surface area is 84.5 Å². The summed E-state index contributed by atoms with van der Waals surface area (Å²) in [4.78, 5) is 10.1. The Morgan fingerprint density at radius 2 is 1.54 bits per heavy atom. The van der Waals surface area contributed by atoms with Crippen molar-refractivity contribution in [2.45, 2.75) is 19.8 Å². The normalized spacial score (nSPS) is 8.15. The summed E-state index contributed by atoms with van der Waals surface area (Å²) in [5.74, 6) is -0.258. The number of rotatable bonds is 2. The van der Waals surface area contributed by atoms with Gasteiger partial charge in [0.25, 0.3) is 0 Å². The molecule has 0 amide bonds. The van der Waals surface area contributed by atoms with Crippen LogP contribution in [0.3, 0.4) is 0 Å². The number of carbonyl (C=O) groups is 1. The van der Waals surface area contributed by atoms with Crippen molar-refractivity contribution in [3.63, 3.8) is 0 Å². The van der Waals surface area contributed by atoms with Crippen molar-refractivity contribution in [1.82, 2.24) is 0 Å². The molecule has 1 aromatic carbocycles. The van der Waals surface area contributed by atoms with Gasteiger partial charge in [-0.2, -0.15) is 0 Å². The molecule has 1 rings (SSSR count). The number of thiol groups is 1. The van der Waals surface area contributed by atoms with E-state index >= 15 is 0 Å². The summed E-state index contributed by atoms with van der Waals surface area (Å²) in [6.07, 6.45) is 1.28. The number of benzene rings is 1. The molecule has 0 fully saturated rings. The third kappa shape index (κ3) is 8.95. The molecule has 0 spiro atoms. The zero-order valence-corrected chi connectivity index (χ0v) is 8.54. The van der Waals surface area contributed by atoms with E-state index in [1.807, 2.05) is 43.3 Å². The van der Waals surface area contributed by atoms with Crippen molar-refractivity contribution in [2.24, 2.45) is 0 Å². The summed E-state index contributed by atoms with van der Waals surface area (Å²) in [6.45, 7) is 1.91. The van der Waals surface area contributed by atoms with Crippen LogP contribution in [0.2, 0.25) is 0 Å². The first-order valence-corrected chi connectivity index (χ1v) is 4.52. The Hall–Kier alpha value is -0.960. The lowest BCUT2D eigenvalue weighted by molar-refractivity contribution is -0.132. The van der Waals surface area contributed by atoms with Crippen LogP contribution in [0, 0.1) is 0 Å². The van der Waals surface area contributed by atoms with Crippen molar-refractivity contribution < 1.29 is 8.98 Å². The van der Waals surface area contributed by atoms with E-state index in [-0.39, 0.29) is 5.97 Å². The SMILES string of the molecule is CCCC(=O)OS.c1ccccc1. The van der Waals surface area contributed by atoms with Crippen molar-refractivity contribution in [3.8, 4) is 0 Å². The Morgan fingerprint density at radius 1 is 1.15 bits per heavy atom. The van der Waals surface area contributed by atoms with Gasteiger partial charge in [0.05, 0.1) is 0 Å². The molecule has 0 saturated heterocycles. The third-order valence-electron chi connectivity index (χ3n) is 1.22. The monoisotopic (exact) mass is 198 g/mol. The lowest BCUT2D eigenvalue weighted by Crippen LogP contribution is -1.93. The van der Waals surface area contributed by atoms with Crippen LogP contribution < -0.4 is 0 Å². The highest BCUT2D eigenvalue weighted by atomic mass is 32.1. The van der Waals surface area contributed by atoms with Gasteiger partial charge >= 0.3 is 5.97 Å². The van der Waals surface area contributed by atoms with Gasteiger partial charge in [-0.15, -0.1) is 0 Å². The van der Waals surface area contributed by atoms with Crippen molar-refractivity contribution in [2.75, 3.05) is 0 Å². The highest BCUT2D eigenvalue weighted by Gasteiger charge is 1.93. The van der Waals surface area contributed by atoms with Crippen LogP contribution in [0.4, 0.5) is 0 Å². The number of carbonyl (C=O) groups excluding carboxylic acids is 1. The van der Waals surface area contributed by atoms with Gasteiger partial charge in [-0.3, -0.25) is 4.79 Å². The first-order chi connectivity index (χ1) is 6.31. The fraction of sp³-hybridized carbons (Fsp3) is 0.300. The minimum Gasteiger partial charge on any atom is -0.395 e. The minimum atomic E-state index is -0.258.